The molecule has 39 heavy (non-hydrogen) atoms. The van der Waals surface area contributed by atoms with E-state index in [1.54, 1.807) is 37.3 Å². The molecule has 1 aromatic heterocycles. The molecule has 10 heteroatoms. The summed E-state index contributed by atoms with van der Waals surface area (Å²) in [7, 11) is 1.41. The van der Waals surface area contributed by atoms with Crippen LogP contribution < -0.4 is 11.3 Å². The Morgan fingerprint density at radius 2 is 1.82 bits per heavy atom. The van der Waals surface area contributed by atoms with E-state index in [1.807, 2.05) is 0 Å². The molecule has 0 radical (unpaired) electrons. The molecule has 7 nitrogen and oxygen atoms in total. The average molecular weight is 542 g/mol. The quantitative estimate of drug-likeness (QED) is 0.395. The van der Waals surface area contributed by atoms with Crippen LogP contribution in [0.1, 0.15) is 72.0 Å². The average Bonchev–Trinajstić information content (AvgIpc) is 2.91. The summed E-state index contributed by atoms with van der Waals surface area (Å²) in [6.45, 7) is 2.66. The lowest BCUT2D eigenvalue weighted by molar-refractivity contribution is -0.171. The van der Waals surface area contributed by atoms with E-state index >= 15 is 4.39 Å². The third-order valence-corrected chi connectivity index (χ3v) is 7.38. The highest BCUT2D eigenvalue weighted by Gasteiger charge is 2.56. The molecule has 3 aromatic rings. The SMILES string of the molecule is CC(F)c1cccc([C@@H](C)N(C)C(=O)c2cn([C@H]3CCC3(F)C(=O)OCc3ccccc3)c(=O)cc2N)c1F. The van der Waals surface area contributed by atoms with Gasteiger partial charge in [0.25, 0.3) is 11.5 Å². The second kappa shape index (κ2) is 11.0. The summed E-state index contributed by atoms with van der Waals surface area (Å²) >= 11 is 0. The number of ether oxygens (including phenoxy) is 1. The second-order valence-corrected chi connectivity index (χ2v) is 9.83. The number of nitrogens with zero attached hydrogens (tertiary/aromatic N) is 2. The molecule has 4 atom stereocenters. The minimum atomic E-state index is -2.46. The van der Waals surface area contributed by atoms with Gasteiger partial charge in [-0.3, -0.25) is 9.59 Å². The van der Waals surface area contributed by atoms with E-state index in [0.717, 1.165) is 16.8 Å². The van der Waals surface area contributed by atoms with Crippen LogP contribution in [-0.2, 0) is 16.1 Å². The van der Waals surface area contributed by atoms with Gasteiger partial charge >= 0.3 is 5.97 Å². The summed E-state index contributed by atoms with van der Waals surface area (Å²) in [4.78, 5) is 40.1. The molecular weight excluding hydrogens is 511 g/mol. The maximum atomic E-state index is 15.8. The minimum absolute atomic E-state index is 0.0997. The fraction of sp³-hybridized carbons (Fsp3) is 0.345. The number of carbonyl (C=O) groups excluding carboxylic acids is 2. The fourth-order valence-corrected chi connectivity index (χ4v) is 4.73. The molecule has 1 amide bonds. The van der Waals surface area contributed by atoms with Crippen LogP contribution in [0.5, 0.6) is 0 Å². The van der Waals surface area contributed by atoms with Crippen LogP contribution in [0.4, 0.5) is 18.9 Å². The van der Waals surface area contributed by atoms with E-state index in [-0.39, 0.29) is 41.8 Å². The number of esters is 1. The number of rotatable bonds is 8. The van der Waals surface area contributed by atoms with Crippen molar-refractivity contribution in [3.63, 3.8) is 0 Å². The summed E-state index contributed by atoms with van der Waals surface area (Å²) in [6.07, 6.45) is -0.395. The topological polar surface area (TPSA) is 94.6 Å². The number of nitrogen functional groups attached to an aromatic ring is 1. The number of alkyl halides is 2. The summed E-state index contributed by atoms with van der Waals surface area (Å²) < 4.78 is 50.8. The molecular formula is C29H30F3N3O4. The first-order valence-corrected chi connectivity index (χ1v) is 12.6. The van der Waals surface area contributed by atoms with Crippen molar-refractivity contribution in [3.05, 3.63) is 99.2 Å². The monoisotopic (exact) mass is 541 g/mol. The molecule has 1 saturated carbocycles. The first kappa shape index (κ1) is 27.9. The first-order valence-electron chi connectivity index (χ1n) is 12.6. The Bertz CT molecular complexity index is 1440. The van der Waals surface area contributed by atoms with Gasteiger partial charge in [0.05, 0.1) is 23.3 Å². The number of hydrogen-bond acceptors (Lipinski definition) is 5. The number of pyridine rings is 1. The molecule has 0 saturated heterocycles. The van der Waals surface area contributed by atoms with Crippen molar-refractivity contribution in [2.45, 2.75) is 57.2 Å². The van der Waals surface area contributed by atoms with E-state index in [9.17, 15) is 23.2 Å². The van der Waals surface area contributed by atoms with E-state index in [4.69, 9.17) is 10.5 Å². The van der Waals surface area contributed by atoms with Crippen molar-refractivity contribution >= 4 is 17.6 Å². The molecule has 4 rings (SSSR count). The van der Waals surface area contributed by atoms with E-state index in [0.29, 0.717) is 5.56 Å². The number of carbonyl (C=O) groups is 2. The zero-order valence-electron chi connectivity index (χ0n) is 21.9. The van der Waals surface area contributed by atoms with E-state index in [2.05, 4.69) is 0 Å². The van der Waals surface area contributed by atoms with Gasteiger partial charge in [-0.1, -0.05) is 48.5 Å². The molecule has 1 fully saturated rings. The van der Waals surface area contributed by atoms with Gasteiger partial charge in [0.15, 0.2) is 0 Å². The highest BCUT2D eigenvalue weighted by molar-refractivity contribution is 5.99. The normalized spacial score (nSPS) is 20.0. The third kappa shape index (κ3) is 5.28. The molecule has 1 heterocycles. The zero-order chi connectivity index (χ0) is 28.5. The summed E-state index contributed by atoms with van der Waals surface area (Å²) in [5.41, 5.74) is 3.24. The Hall–Kier alpha value is -4.08. The van der Waals surface area contributed by atoms with Crippen LogP contribution in [0.25, 0.3) is 0 Å². The lowest BCUT2D eigenvalue weighted by Gasteiger charge is -2.41. The summed E-state index contributed by atoms with van der Waals surface area (Å²) in [6, 6.07) is 12.0. The van der Waals surface area contributed by atoms with Gasteiger partial charge in [0.2, 0.25) is 5.67 Å². The predicted molar refractivity (Wildman–Crippen MR) is 140 cm³/mol. The van der Waals surface area contributed by atoms with Gasteiger partial charge in [-0.05, 0) is 32.3 Å². The van der Waals surface area contributed by atoms with Crippen molar-refractivity contribution in [2.24, 2.45) is 0 Å². The van der Waals surface area contributed by atoms with Crippen LogP contribution in [0, 0.1) is 5.82 Å². The van der Waals surface area contributed by atoms with Gasteiger partial charge < -0.3 is 19.9 Å². The van der Waals surface area contributed by atoms with Gasteiger partial charge in [0, 0.05) is 30.4 Å². The molecule has 0 aliphatic heterocycles. The number of hydrogen-bond donors (Lipinski definition) is 1. The zero-order valence-corrected chi connectivity index (χ0v) is 21.9. The number of benzene rings is 2. The van der Waals surface area contributed by atoms with Crippen molar-refractivity contribution in [1.82, 2.24) is 9.47 Å². The lowest BCUT2D eigenvalue weighted by Crippen LogP contribution is -2.53. The molecule has 0 spiro atoms. The second-order valence-electron chi connectivity index (χ2n) is 9.83. The molecule has 0 bridgehead atoms. The van der Waals surface area contributed by atoms with Gasteiger partial charge in [-0.2, -0.15) is 0 Å². The Morgan fingerprint density at radius 1 is 1.15 bits per heavy atom. The number of halogens is 3. The van der Waals surface area contributed by atoms with E-state index < -0.39 is 47.2 Å². The maximum Gasteiger partial charge on any atom is 0.346 e. The van der Waals surface area contributed by atoms with Crippen LogP contribution >= 0.6 is 0 Å². The molecule has 2 unspecified atom stereocenters. The van der Waals surface area contributed by atoms with Crippen LogP contribution in [0.3, 0.4) is 0 Å². The lowest BCUT2D eigenvalue weighted by atomic mass is 9.76. The summed E-state index contributed by atoms with van der Waals surface area (Å²) in [5, 5.41) is 0. The maximum absolute atomic E-state index is 15.8. The Labute approximate surface area is 224 Å². The smallest absolute Gasteiger partial charge is 0.346 e. The van der Waals surface area contributed by atoms with Crippen LogP contribution in [-0.4, -0.2) is 34.1 Å². The fourth-order valence-electron chi connectivity index (χ4n) is 4.73. The highest BCUT2D eigenvalue weighted by Crippen LogP contribution is 2.46. The Balaban J connectivity index is 1.58. The molecule has 2 aromatic carbocycles. The Kier molecular flexibility index (Phi) is 7.85. The number of nitrogens with two attached hydrogens (primary N) is 1. The van der Waals surface area contributed by atoms with Gasteiger partial charge in [-0.25, -0.2) is 18.0 Å². The van der Waals surface area contributed by atoms with Crippen LogP contribution in [0.15, 0.2) is 65.6 Å². The Morgan fingerprint density at radius 3 is 2.44 bits per heavy atom. The van der Waals surface area contributed by atoms with Crippen molar-refractivity contribution in [2.75, 3.05) is 12.8 Å². The molecule has 206 valence electrons. The number of aromatic nitrogens is 1. The van der Waals surface area contributed by atoms with Gasteiger partial charge in [0.1, 0.15) is 18.6 Å². The number of anilines is 1. The molecule has 2 N–H and O–H groups in total. The van der Waals surface area contributed by atoms with Gasteiger partial charge in [-0.15, -0.1) is 0 Å². The number of amides is 1. The third-order valence-electron chi connectivity index (χ3n) is 7.38. The molecule has 1 aliphatic rings. The predicted octanol–water partition coefficient (Wildman–Crippen LogP) is 5.22. The van der Waals surface area contributed by atoms with Crippen molar-refractivity contribution in [1.29, 1.82) is 0 Å². The largest absolute Gasteiger partial charge is 0.458 e. The molecule has 1 aliphatic carbocycles. The van der Waals surface area contributed by atoms with Crippen LogP contribution in [0.2, 0.25) is 0 Å². The van der Waals surface area contributed by atoms with E-state index in [1.165, 1.54) is 37.1 Å². The minimum Gasteiger partial charge on any atom is -0.458 e. The first-order chi connectivity index (χ1) is 18.5. The standard InChI is InChI=1S/C29H30F3N3O4/c1-17(30)20-10-7-11-21(26(20)31)18(2)34(3)27(37)22-15-35(25(36)14-23(22)33)24-12-13-29(24,32)28(38)39-16-19-8-5-4-6-9-19/h4-11,14-15,17-18,24H,12-13,16,33H2,1-3H3/t17?,18-,24+,29?/m1/s1. The van der Waals surface area contributed by atoms with Crippen molar-refractivity contribution in [3.8, 4) is 0 Å². The highest BCUT2D eigenvalue weighted by atomic mass is 19.1. The van der Waals surface area contributed by atoms with Crippen molar-refractivity contribution < 1.29 is 27.5 Å². The summed E-state index contributed by atoms with van der Waals surface area (Å²) in [5.74, 6) is -2.52.